The van der Waals surface area contributed by atoms with Gasteiger partial charge in [-0.25, -0.2) is 8.42 Å². The average molecular weight is 412 g/mol. The fourth-order valence-electron chi connectivity index (χ4n) is 2.60. The quantitative estimate of drug-likeness (QED) is 0.618. The number of hydrogen-bond acceptors (Lipinski definition) is 5. The summed E-state index contributed by atoms with van der Waals surface area (Å²) in [5.41, 5.74) is 0.493. The Kier molecular flexibility index (Phi) is 6.04. The van der Waals surface area contributed by atoms with Crippen molar-refractivity contribution < 1.29 is 22.7 Å². The van der Waals surface area contributed by atoms with Crippen LogP contribution in [0, 0.1) is 0 Å². The second kappa shape index (κ2) is 8.66. The number of hydrogen-bond donors (Lipinski definition) is 2. The third-order valence-corrected chi connectivity index (χ3v) is 5.42. The van der Waals surface area contributed by atoms with E-state index in [9.17, 15) is 13.2 Å². The monoisotopic (exact) mass is 412 g/mol. The van der Waals surface area contributed by atoms with Gasteiger partial charge in [0.05, 0.1) is 17.6 Å². The smallest absolute Gasteiger partial charge is 0.261 e. The van der Waals surface area contributed by atoms with Crippen LogP contribution >= 0.6 is 0 Å². The Morgan fingerprint density at radius 1 is 0.897 bits per heavy atom. The molecule has 7 nitrogen and oxygen atoms in total. The number of ether oxygens (including phenoxy) is 2. The number of benzene rings is 3. The molecule has 0 aliphatic rings. The Morgan fingerprint density at radius 2 is 1.55 bits per heavy atom. The molecule has 1 amide bonds. The van der Waals surface area contributed by atoms with Crippen LogP contribution in [0.5, 0.6) is 17.2 Å². The molecule has 0 spiro atoms. The van der Waals surface area contributed by atoms with E-state index in [-0.39, 0.29) is 16.2 Å². The number of nitrogens with one attached hydrogen (secondary N) is 2. The minimum Gasteiger partial charge on any atom is -0.496 e. The van der Waals surface area contributed by atoms with Crippen molar-refractivity contribution in [2.75, 3.05) is 18.9 Å². The van der Waals surface area contributed by atoms with E-state index in [1.165, 1.54) is 32.4 Å². The fraction of sp³-hybridized carbons (Fsp3) is 0.0952. The third kappa shape index (κ3) is 4.85. The van der Waals surface area contributed by atoms with E-state index in [0.717, 1.165) is 0 Å². The van der Waals surface area contributed by atoms with Crippen molar-refractivity contribution in [1.82, 2.24) is 5.32 Å². The number of rotatable bonds is 7. The van der Waals surface area contributed by atoms with E-state index in [1.54, 1.807) is 24.3 Å². The molecule has 0 fully saturated rings. The van der Waals surface area contributed by atoms with Crippen LogP contribution in [0.2, 0.25) is 0 Å². The molecule has 0 saturated carbocycles. The SMILES string of the molecule is CNC(=O)c1cc(S(=O)(=O)Nc2ccc(Oc3ccccc3)cc2)ccc1OC. The van der Waals surface area contributed by atoms with Crippen molar-refractivity contribution in [2.45, 2.75) is 4.90 Å². The van der Waals surface area contributed by atoms with Crippen LogP contribution in [-0.2, 0) is 10.0 Å². The minimum atomic E-state index is -3.90. The largest absolute Gasteiger partial charge is 0.496 e. The highest BCUT2D eigenvalue weighted by atomic mass is 32.2. The van der Waals surface area contributed by atoms with E-state index in [2.05, 4.69) is 10.0 Å². The number of amides is 1. The molecular formula is C21H20N2O5S. The maximum atomic E-state index is 12.7. The first-order valence-electron chi connectivity index (χ1n) is 8.69. The van der Waals surface area contributed by atoms with Crippen LogP contribution in [0.4, 0.5) is 5.69 Å². The Morgan fingerprint density at radius 3 is 2.17 bits per heavy atom. The molecule has 3 aromatic rings. The maximum absolute atomic E-state index is 12.7. The average Bonchev–Trinajstić information content (AvgIpc) is 2.74. The van der Waals surface area contributed by atoms with Gasteiger partial charge in [-0.2, -0.15) is 0 Å². The summed E-state index contributed by atoms with van der Waals surface area (Å²) in [4.78, 5) is 11.9. The molecule has 0 aliphatic carbocycles. The molecule has 0 aromatic heterocycles. The second-order valence-corrected chi connectivity index (χ2v) is 7.67. The molecule has 3 rings (SSSR count). The van der Waals surface area contributed by atoms with Crippen LogP contribution in [0.1, 0.15) is 10.4 Å². The summed E-state index contributed by atoms with van der Waals surface area (Å²) < 4.78 is 38.8. The zero-order valence-electron chi connectivity index (χ0n) is 15.9. The summed E-state index contributed by atoms with van der Waals surface area (Å²) >= 11 is 0. The van der Waals surface area contributed by atoms with Crippen molar-refractivity contribution in [2.24, 2.45) is 0 Å². The second-order valence-electron chi connectivity index (χ2n) is 5.99. The van der Waals surface area contributed by atoms with Gasteiger partial charge in [0.25, 0.3) is 15.9 Å². The molecule has 0 aliphatic heterocycles. The van der Waals surface area contributed by atoms with Crippen molar-refractivity contribution in [3.8, 4) is 17.2 Å². The standard InChI is InChI=1S/C21H20N2O5S/c1-22-21(24)19-14-18(12-13-20(19)27-2)29(25,26)23-15-8-10-17(11-9-15)28-16-6-4-3-5-7-16/h3-14,23H,1-2H3,(H,22,24). The first kappa shape index (κ1) is 20.2. The molecule has 0 atom stereocenters. The predicted molar refractivity (Wildman–Crippen MR) is 110 cm³/mol. The molecule has 0 heterocycles. The van der Waals surface area contributed by atoms with Crippen LogP contribution in [0.25, 0.3) is 0 Å². The lowest BCUT2D eigenvalue weighted by Gasteiger charge is -2.12. The molecule has 0 radical (unpaired) electrons. The van der Waals surface area contributed by atoms with Gasteiger partial charge in [0.1, 0.15) is 17.2 Å². The highest BCUT2D eigenvalue weighted by Gasteiger charge is 2.19. The molecule has 150 valence electrons. The first-order valence-corrected chi connectivity index (χ1v) is 10.2. The summed E-state index contributed by atoms with van der Waals surface area (Å²) in [7, 11) is -1.03. The number of carbonyl (C=O) groups excluding carboxylic acids is 1. The van der Waals surface area contributed by atoms with Crippen LogP contribution in [0.15, 0.2) is 77.7 Å². The molecule has 3 aromatic carbocycles. The highest BCUT2D eigenvalue weighted by molar-refractivity contribution is 7.92. The lowest BCUT2D eigenvalue weighted by atomic mass is 10.2. The van der Waals surface area contributed by atoms with Gasteiger partial charge < -0.3 is 14.8 Å². The number of anilines is 1. The Labute approximate surface area is 169 Å². The maximum Gasteiger partial charge on any atom is 0.261 e. The summed E-state index contributed by atoms with van der Waals surface area (Å²) in [6.07, 6.45) is 0. The number of methoxy groups -OCH3 is 1. The van der Waals surface area contributed by atoms with Crippen molar-refractivity contribution >= 4 is 21.6 Å². The van der Waals surface area contributed by atoms with E-state index in [1.807, 2.05) is 30.3 Å². The van der Waals surface area contributed by atoms with Gasteiger partial charge in [0, 0.05) is 12.7 Å². The molecule has 29 heavy (non-hydrogen) atoms. The fourth-order valence-corrected chi connectivity index (χ4v) is 3.68. The highest BCUT2D eigenvalue weighted by Crippen LogP contribution is 2.26. The molecule has 2 N–H and O–H groups in total. The van der Waals surface area contributed by atoms with E-state index >= 15 is 0 Å². The number of carbonyl (C=O) groups is 1. The number of sulfonamides is 1. The van der Waals surface area contributed by atoms with Gasteiger partial charge in [-0.05, 0) is 54.6 Å². The molecule has 0 saturated heterocycles. The van der Waals surface area contributed by atoms with E-state index < -0.39 is 15.9 Å². The molecular weight excluding hydrogens is 392 g/mol. The topological polar surface area (TPSA) is 93.7 Å². The Hall–Kier alpha value is -3.52. The summed E-state index contributed by atoms with van der Waals surface area (Å²) in [5.74, 6) is 1.10. The molecule has 8 heteroatoms. The van der Waals surface area contributed by atoms with Crippen molar-refractivity contribution in [1.29, 1.82) is 0 Å². The van der Waals surface area contributed by atoms with Crippen LogP contribution in [-0.4, -0.2) is 28.5 Å². The van der Waals surface area contributed by atoms with Gasteiger partial charge in [-0.1, -0.05) is 18.2 Å². The van der Waals surface area contributed by atoms with Gasteiger partial charge in [-0.15, -0.1) is 0 Å². The van der Waals surface area contributed by atoms with Gasteiger partial charge in [0.2, 0.25) is 0 Å². The van der Waals surface area contributed by atoms with Crippen molar-refractivity contribution in [3.63, 3.8) is 0 Å². The molecule has 0 unspecified atom stereocenters. The normalized spacial score (nSPS) is 10.8. The summed E-state index contributed by atoms with van der Waals surface area (Å²) in [5, 5.41) is 2.46. The van der Waals surface area contributed by atoms with Gasteiger partial charge >= 0.3 is 0 Å². The molecule has 0 bridgehead atoms. The van der Waals surface area contributed by atoms with Crippen LogP contribution < -0.4 is 19.5 Å². The third-order valence-electron chi connectivity index (χ3n) is 4.04. The first-order chi connectivity index (χ1) is 13.9. The Balaban J connectivity index is 1.79. The predicted octanol–water partition coefficient (Wildman–Crippen LogP) is 3.65. The van der Waals surface area contributed by atoms with Gasteiger partial charge in [0.15, 0.2) is 0 Å². The Bertz CT molecular complexity index is 1100. The van der Waals surface area contributed by atoms with E-state index in [0.29, 0.717) is 17.2 Å². The van der Waals surface area contributed by atoms with Gasteiger partial charge in [-0.3, -0.25) is 9.52 Å². The summed E-state index contributed by atoms with van der Waals surface area (Å²) in [6.45, 7) is 0. The zero-order chi connectivity index (χ0) is 20.9. The zero-order valence-corrected chi connectivity index (χ0v) is 16.7. The number of para-hydroxylation sites is 1. The lowest BCUT2D eigenvalue weighted by Crippen LogP contribution is -2.20. The van der Waals surface area contributed by atoms with Crippen molar-refractivity contribution in [3.05, 3.63) is 78.4 Å². The summed E-state index contributed by atoms with van der Waals surface area (Å²) in [6, 6.07) is 19.9. The van der Waals surface area contributed by atoms with Crippen LogP contribution in [0.3, 0.4) is 0 Å². The lowest BCUT2D eigenvalue weighted by molar-refractivity contribution is 0.0960. The van der Waals surface area contributed by atoms with E-state index in [4.69, 9.17) is 9.47 Å². The minimum absolute atomic E-state index is 0.0542.